The van der Waals surface area contributed by atoms with Crippen molar-refractivity contribution in [1.29, 1.82) is 0 Å². The van der Waals surface area contributed by atoms with Gasteiger partial charge in [0, 0.05) is 98.1 Å². The number of rotatable bonds is 0. The second kappa shape index (κ2) is 11.2. The Balaban J connectivity index is -0.000000120. The van der Waals surface area contributed by atoms with E-state index in [0.29, 0.717) is 6.61 Å². The molecule has 1 unspecified atom stereocenters. The van der Waals surface area contributed by atoms with Gasteiger partial charge in [-0.05, 0) is 6.92 Å². The zero-order chi connectivity index (χ0) is 4.41. The molecule has 0 aliphatic carbocycles. The molecule has 1 saturated heterocycles. The van der Waals surface area contributed by atoms with E-state index in [4.69, 9.17) is 9.47 Å². The molecule has 0 N–H and O–H groups in total. The largest absolute Gasteiger partial charge is 0.528 e. The maximum atomic E-state index is 4.88. The van der Waals surface area contributed by atoms with E-state index in [1.165, 1.54) is 0 Å². The Morgan fingerprint density at radius 2 is 1.89 bits per heavy atom. The predicted molar refractivity (Wildman–Crippen MR) is 20.8 cm³/mol. The van der Waals surface area contributed by atoms with Gasteiger partial charge in [0.1, 0.15) is 6.29 Å². The van der Waals surface area contributed by atoms with Crippen LogP contribution < -0.4 is 0 Å². The summed E-state index contributed by atoms with van der Waals surface area (Å²) in [7, 11) is 0. The zero-order valence-electron chi connectivity index (χ0n) is 5.41. The molecule has 2 nitrogen and oxygen atoms in total. The Morgan fingerprint density at radius 3 is 2.00 bits per heavy atom. The van der Waals surface area contributed by atoms with E-state index < -0.39 is 0 Å². The summed E-state index contributed by atoms with van der Waals surface area (Å²) in [6.45, 7) is 4.16. The molecule has 1 rings (SSSR count). The van der Waals surface area contributed by atoms with E-state index in [2.05, 4.69) is 0 Å². The molecule has 1 fully saturated rings. The van der Waals surface area contributed by atoms with Crippen LogP contribution in [0.3, 0.4) is 0 Å². The first-order valence-electron chi connectivity index (χ1n) is 1.98. The van der Waals surface area contributed by atoms with Gasteiger partial charge in [0.05, 0.1) is 0 Å². The molecule has 5 heteroatoms. The van der Waals surface area contributed by atoms with Crippen molar-refractivity contribution in [3.8, 4) is 0 Å². The Hall–Kier alpha value is 3.23. The molecule has 0 bridgehead atoms. The summed E-state index contributed by atoms with van der Waals surface area (Å²) in [5, 5.41) is 0. The van der Waals surface area contributed by atoms with Crippen LogP contribution in [0.4, 0.5) is 0 Å². The fourth-order valence-electron chi connectivity index (χ4n) is 0.389. The fourth-order valence-corrected chi connectivity index (χ4v) is 0.389. The van der Waals surface area contributed by atoms with Gasteiger partial charge in [-0.25, -0.2) is 0 Å². The molecule has 3 radical (unpaired) electrons. The van der Waals surface area contributed by atoms with Gasteiger partial charge in [-0.15, -0.1) is 0 Å². The average molecular weight is 354 g/mol. The summed E-state index contributed by atoms with van der Waals surface area (Å²) in [5.74, 6) is 0. The van der Waals surface area contributed by atoms with Crippen molar-refractivity contribution in [2.24, 2.45) is 0 Å². The Morgan fingerprint density at radius 1 is 1.33 bits per heavy atom. The standard InChI is InChI=1S/C4H7O2.3Y/c1-4-5-2-3-6-4;;;/h2,4H,3H2,1H3;;;/q-1;;;. The molecule has 1 atom stereocenters. The molecule has 0 aromatic heterocycles. The van der Waals surface area contributed by atoms with Crippen LogP contribution in [0.15, 0.2) is 0 Å². The number of hydrogen-bond acceptors (Lipinski definition) is 2. The van der Waals surface area contributed by atoms with Gasteiger partial charge >= 0.3 is 0 Å². The van der Waals surface area contributed by atoms with Crippen LogP contribution in [0, 0.1) is 6.61 Å². The van der Waals surface area contributed by atoms with E-state index in [1.807, 2.05) is 6.92 Å². The molecule has 0 saturated carbocycles. The van der Waals surface area contributed by atoms with E-state index in [0.717, 1.165) is 0 Å². The van der Waals surface area contributed by atoms with E-state index >= 15 is 0 Å². The summed E-state index contributed by atoms with van der Waals surface area (Å²) in [6.07, 6.45) is -0.00926. The molecule has 0 aromatic rings. The third-order valence-electron chi connectivity index (χ3n) is 0.687. The van der Waals surface area contributed by atoms with Gasteiger partial charge in [0.15, 0.2) is 0 Å². The van der Waals surface area contributed by atoms with Gasteiger partial charge in [0.2, 0.25) is 0 Å². The van der Waals surface area contributed by atoms with E-state index in [1.54, 1.807) is 6.61 Å². The Kier molecular flexibility index (Phi) is 22.6. The first-order valence-corrected chi connectivity index (χ1v) is 1.98. The van der Waals surface area contributed by atoms with Gasteiger partial charge in [-0.1, -0.05) is 6.61 Å². The van der Waals surface area contributed by atoms with Crippen LogP contribution in [0.5, 0.6) is 0 Å². The number of ether oxygens (including phenoxy) is 2. The van der Waals surface area contributed by atoms with Crippen LogP contribution >= 0.6 is 0 Å². The van der Waals surface area contributed by atoms with Crippen LogP contribution in [0.2, 0.25) is 0 Å². The van der Waals surface area contributed by atoms with Gasteiger partial charge < -0.3 is 9.47 Å². The minimum Gasteiger partial charge on any atom is -0.528 e. The van der Waals surface area contributed by atoms with Crippen LogP contribution in [0.25, 0.3) is 0 Å². The van der Waals surface area contributed by atoms with Crippen molar-refractivity contribution in [3.05, 3.63) is 6.61 Å². The van der Waals surface area contributed by atoms with Crippen molar-refractivity contribution >= 4 is 0 Å². The molecule has 0 spiro atoms. The maximum absolute atomic E-state index is 4.88. The molecule has 1 aliphatic rings. The first-order chi connectivity index (χ1) is 2.89. The summed E-state index contributed by atoms with van der Waals surface area (Å²) in [4.78, 5) is 0. The maximum Gasteiger partial charge on any atom is 0.121 e. The number of hydrogen-bond donors (Lipinski definition) is 0. The second-order valence-electron chi connectivity index (χ2n) is 1.20. The van der Waals surface area contributed by atoms with E-state index in [-0.39, 0.29) is 104 Å². The van der Waals surface area contributed by atoms with Gasteiger partial charge in [0.25, 0.3) is 0 Å². The molecule has 0 amide bonds. The molecular formula is C4H7O2Y3-. The normalized spacial score (nSPS) is 23.0. The molecule has 9 heavy (non-hydrogen) atoms. The zero-order valence-corrected chi connectivity index (χ0v) is 13.9. The van der Waals surface area contributed by atoms with Gasteiger partial charge in [-0.3, -0.25) is 0 Å². The summed E-state index contributed by atoms with van der Waals surface area (Å²) in [5.41, 5.74) is 0. The third-order valence-corrected chi connectivity index (χ3v) is 0.687. The molecular weight excluding hydrogens is 347 g/mol. The summed E-state index contributed by atoms with van der Waals surface area (Å²) >= 11 is 0. The predicted octanol–water partition coefficient (Wildman–Crippen LogP) is 0.533. The quantitative estimate of drug-likeness (QED) is 0.592. The molecule has 1 heterocycles. The molecule has 45 valence electrons. The average Bonchev–Trinajstić information content (AvgIpc) is 1.86. The Labute approximate surface area is 131 Å². The Bertz CT molecular complexity index is 47.1. The smallest absolute Gasteiger partial charge is 0.121 e. The summed E-state index contributed by atoms with van der Waals surface area (Å²) in [6, 6.07) is 0. The van der Waals surface area contributed by atoms with Crippen molar-refractivity contribution in [3.63, 3.8) is 0 Å². The third kappa shape index (κ3) is 9.14. The second-order valence-corrected chi connectivity index (χ2v) is 1.20. The molecule has 1 aliphatic heterocycles. The van der Waals surface area contributed by atoms with Crippen molar-refractivity contribution in [2.75, 3.05) is 6.61 Å². The van der Waals surface area contributed by atoms with Crippen LogP contribution in [-0.2, 0) is 108 Å². The SMILES string of the molecule is CC1O[CH-]CO1.[Y].[Y].[Y]. The minimum atomic E-state index is -0.00926. The molecule has 0 aromatic carbocycles. The van der Waals surface area contributed by atoms with Crippen molar-refractivity contribution < 1.29 is 108 Å². The first kappa shape index (κ1) is 18.1. The van der Waals surface area contributed by atoms with Crippen LogP contribution in [0.1, 0.15) is 6.92 Å². The van der Waals surface area contributed by atoms with Crippen molar-refractivity contribution in [1.82, 2.24) is 0 Å². The van der Waals surface area contributed by atoms with Crippen LogP contribution in [-0.4, -0.2) is 12.9 Å². The van der Waals surface area contributed by atoms with Crippen molar-refractivity contribution in [2.45, 2.75) is 13.2 Å². The van der Waals surface area contributed by atoms with E-state index in [9.17, 15) is 0 Å². The van der Waals surface area contributed by atoms with Gasteiger partial charge in [-0.2, -0.15) is 6.61 Å². The topological polar surface area (TPSA) is 18.5 Å². The fraction of sp³-hybridized carbons (Fsp3) is 0.750. The monoisotopic (exact) mass is 354 g/mol. The summed E-state index contributed by atoms with van der Waals surface area (Å²) < 4.78 is 9.68. The minimum absolute atomic E-state index is 0.